The first kappa shape index (κ1) is 26.7. The number of hydrogen-bond acceptors (Lipinski definition) is 4. The molecule has 216 valence electrons. The van der Waals surface area contributed by atoms with Gasteiger partial charge in [-0.3, -0.25) is 9.36 Å². The van der Waals surface area contributed by atoms with Crippen molar-refractivity contribution in [2.75, 3.05) is 7.11 Å². The van der Waals surface area contributed by atoms with Crippen LogP contribution in [0, 0.1) is 13.8 Å². The lowest BCUT2D eigenvalue weighted by atomic mass is 9.83. The zero-order chi connectivity index (χ0) is 29.9. The normalized spacial score (nSPS) is 16.0. The van der Waals surface area contributed by atoms with Crippen molar-refractivity contribution < 1.29 is 4.74 Å². The number of fused-ring (bicyclic) bond motifs is 4. The smallest absolute Gasteiger partial charge is 0.271 e. The number of nitrogens with zero attached hydrogens (tertiary/aromatic N) is 2. The molecule has 6 aromatic rings. The lowest BCUT2D eigenvalue weighted by Crippen LogP contribution is -2.39. The largest absolute Gasteiger partial charge is 0.496 e. The number of allylic oxidation sites excluding steroid dienone is 1. The molecule has 0 unspecified atom stereocenters. The average Bonchev–Trinajstić information content (AvgIpc) is 3.57. The number of aromatic nitrogens is 2. The Balaban J connectivity index is 1.43. The second-order valence-corrected chi connectivity index (χ2v) is 12.6. The van der Waals surface area contributed by atoms with Crippen LogP contribution in [0.3, 0.4) is 0 Å². The van der Waals surface area contributed by atoms with Crippen LogP contribution in [0.15, 0.2) is 106 Å². The summed E-state index contributed by atoms with van der Waals surface area (Å²) in [5.74, 6) is 0.772. The molecule has 5 nitrogen and oxygen atoms in total. The molecule has 4 aromatic carbocycles. The number of thiazole rings is 1. The quantitative estimate of drug-likeness (QED) is 0.237. The van der Waals surface area contributed by atoms with Crippen LogP contribution in [0.1, 0.15) is 45.8 Å². The van der Waals surface area contributed by atoms with Gasteiger partial charge in [-0.2, -0.15) is 0 Å². The number of benzene rings is 4. The first-order chi connectivity index (χ1) is 21.5. The van der Waals surface area contributed by atoms with Gasteiger partial charge < -0.3 is 9.72 Å². The number of aryl methyl sites for hydroxylation is 3. The molecule has 1 aliphatic heterocycles. The number of H-pyrrole nitrogens is 1. The van der Waals surface area contributed by atoms with Crippen molar-refractivity contribution in [3.8, 4) is 17.0 Å². The summed E-state index contributed by atoms with van der Waals surface area (Å²) in [5.41, 5.74) is 12.1. The first-order valence-corrected chi connectivity index (χ1v) is 15.8. The molecule has 0 amide bonds. The minimum absolute atomic E-state index is 0.0344. The zero-order valence-electron chi connectivity index (χ0n) is 24.8. The van der Waals surface area contributed by atoms with E-state index in [-0.39, 0.29) is 11.6 Å². The average molecular weight is 594 g/mol. The molecule has 3 heterocycles. The molecule has 44 heavy (non-hydrogen) atoms. The minimum Gasteiger partial charge on any atom is -0.496 e. The van der Waals surface area contributed by atoms with Gasteiger partial charge in [0.25, 0.3) is 5.56 Å². The Morgan fingerprint density at radius 3 is 2.57 bits per heavy atom. The Kier molecular flexibility index (Phi) is 6.27. The van der Waals surface area contributed by atoms with Crippen molar-refractivity contribution in [2.24, 2.45) is 4.99 Å². The van der Waals surface area contributed by atoms with Crippen LogP contribution in [-0.4, -0.2) is 16.7 Å². The van der Waals surface area contributed by atoms with E-state index in [4.69, 9.17) is 9.73 Å². The van der Waals surface area contributed by atoms with E-state index in [1.165, 1.54) is 28.0 Å². The third-order valence-electron chi connectivity index (χ3n) is 8.93. The van der Waals surface area contributed by atoms with Gasteiger partial charge in [0, 0.05) is 27.6 Å². The van der Waals surface area contributed by atoms with Crippen LogP contribution in [0.4, 0.5) is 0 Å². The van der Waals surface area contributed by atoms with Crippen LogP contribution < -0.4 is 19.6 Å². The van der Waals surface area contributed by atoms with Gasteiger partial charge in [0.15, 0.2) is 4.80 Å². The van der Waals surface area contributed by atoms with Gasteiger partial charge in [-0.05, 0) is 67.2 Å². The van der Waals surface area contributed by atoms with Crippen LogP contribution in [-0.2, 0) is 6.42 Å². The van der Waals surface area contributed by atoms with Gasteiger partial charge in [-0.15, -0.1) is 0 Å². The van der Waals surface area contributed by atoms with E-state index in [0.29, 0.717) is 9.33 Å². The van der Waals surface area contributed by atoms with Gasteiger partial charge in [-0.25, -0.2) is 4.99 Å². The summed E-state index contributed by atoms with van der Waals surface area (Å²) in [7, 11) is 1.69. The second-order valence-electron chi connectivity index (χ2n) is 11.6. The maximum atomic E-state index is 14.6. The summed E-state index contributed by atoms with van der Waals surface area (Å²) in [4.78, 5) is 24.2. The molecule has 0 saturated carbocycles. The Hall–Kier alpha value is -4.94. The molecule has 2 aliphatic rings. The van der Waals surface area contributed by atoms with E-state index >= 15 is 0 Å². The minimum atomic E-state index is -0.297. The number of nitrogens with one attached hydrogen (secondary N) is 1. The molecule has 6 heteroatoms. The third kappa shape index (κ3) is 4.13. The molecule has 0 radical (unpaired) electrons. The maximum Gasteiger partial charge on any atom is 0.271 e. The van der Waals surface area contributed by atoms with Crippen LogP contribution in [0.5, 0.6) is 5.75 Å². The summed E-state index contributed by atoms with van der Waals surface area (Å²) in [6, 6.07) is 31.0. The highest BCUT2D eigenvalue weighted by Crippen LogP contribution is 2.43. The lowest BCUT2D eigenvalue weighted by Gasteiger charge is -2.31. The Labute approximate surface area is 259 Å². The van der Waals surface area contributed by atoms with E-state index in [0.717, 1.165) is 68.7 Å². The fraction of sp³-hybridized carbons (Fsp3) is 0.158. The highest BCUT2D eigenvalue weighted by atomic mass is 32.1. The van der Waals surface area contributed by atoms with Crippen molar-refractivity contribution >= 4 is 34.0 Å². The summed E-state index contributed by atoms with van der Waals surface area (Å²) in [6.07, 6.45) is 3.82. The summed E-state index contributed by atoms with van der Waals surface area (Å²) in [5, 5.41) is 1.11. The number of ether oxygens (including phenoxy) is 1. The molecule has 0 spiro atoms. The Morgan fingerprint density at radius 1 is 0.955 bits per heavy atom. The van der Waals surface area contributed by atoms with Gasteiger partial charge in [0.1, 0.15) is 5.75 Å². The molecule has 0 bridgehead atoms. The molecule has 0 fully saturated rings. The second kappa shape index (κ2) is 10.4. The maximum absolute atomic E-state index is 14.6. The van der Waals surface area contributed by atoms with Crippen molar-refractivity contribution in [2.45, 2.75) is 32.7 Å². The highest BCUT2D eigenvalue weighted by Gasteiger charge is 2.34. The number of rotatable bonds is 4. The van der Waals surface area contributed by atoms with E-state index in [1.54, 1.807) is 7.11 Å². The van der Waals surface area contributed by atoms with Gasteiger partial charge in [0.05, 0.1) is 29.1 Å². The summed E-state index contributed by atoms with van der Waals surface area (Å²) < 4.78 is 8.41. The number of para-hydroxylation sites is 1. The van der Waals surface area contributed by atoms with E-state index in [1.807, 2.05) is 41.0 Å². The summed E-state index contributed by atoms with van der Waals surface area (Å²) in [6.45, 7) is 4.25. The summed E-state index contributed by atoms with van der Waals surface area (Å²) >= 11 is 1.46. The van der Waals surface area contributed by atoms with E-state index < -0.39 is 0 Å². The lowest BCUT2D eigenvalue weighted by molar-refractivity contribution is 0.402. The molecule has 8 rings (SSSR count). The van der Waals surface area contributed by atoms with Crippen molar-refractivity contribution in [3.63, 3.8) is 0 Å². The fourth-order valence-corrected chi connectivity index (χ4v) is 7.96. The van der Waals surface area contributed by atoms with Crippen molar-refractivity contribution in [3.05, 3.63) is 150 Å². The monoisotopic (exact) mass is 593 g/mol. The highest BCUT2D eigenvalue weighted by molar-refractivity contribution is 7.07. The molecule has 1 N–H and O–H groups in total. The van der Waals surface area contributed by atoms with E-state index in [9.17, 15) is 4.79 Å². The van der Waals surface area contributed by atoms with Crippen molar-refractivity contribution in [1.29, 1.82) is 0 Å². The molecular weight excluding hydrogens is 563 g/mol. The molecule has 0 saturated heterocycles. The number of methoxy groups -OCH3 is 1. The third-order valence-corrected chi connectivity index (χ3v) is 9.92. The fourth-order valence-electron chi connectivity index (χ4n) is 6.98. The number of hydrogen-bond donors (Lipinski definition) is 1. The zero-order valence-corrected chi connectivity index (χ0v) is 25.7. The van der Waals surface area contributed by atoms with Crippen molar-refractivity contribution in [1.82, 2.24) is 9.55 Å². The van der Waals surface area contributed by atoms with Crippen LogP contribution >= 0.6 is 11.3 Å². The predicted molar refractivity (Wildman–Crippen MR) is 179 cm³/mol. The Bertz CT molecular complexity index is 2320. The van der Waals surface area contributed by atoms with Gasteiger partial charge in [-0.1, -0.05) is 95.8 Å². The SMILES string of the molecule is COc1ccccc1[C@H]1C2=C(N=c3s/c(=C/c4c(-c5ccccc5)[nH]c5c(C)cc(C)cc45)c(=O)n31)c1ccccc1CC2. The van der Waals surface area contributed by atoms with Crippen LogP contribution in [0.2, 0.25) is 0 Å². The topological polar surface area (TPSA) is 59.4 Å². The first-order valence-electron chi connectivity index (χ1n) is 15.0. The van der Waals surface area contributed by atoms with E-state index in [2.05, 4.69) is 79.5 Å². The molecule has 2 aromatic heterocycles. The van der Waals surface area contributed by atoms with Gasteiger partial charge >= 0.3 is 0 Å². The molecule has 1 atom stereocenters. The predicted octanol–water partition coefficient (Wildman–Crippen LogP) is 7.09. The van der Waals surface area contributed by atoms with Crippen LogP contribution in [0.25, 0.3) is 33.9 Å². The molecule has 1 aliphatic carbocycles. The standard InChI is InChI=1S/C38H31N3O2S/c1-22-19-23(2)33-29(20-22)30(34(39-33)25-12-5-4-6-13-25)21-32-37(42)41-36(27-15-9-10-16-31(27)43-3)28-18-17-24-11-7-8-14-26(24)35(28)40-38(41)44-32/h4-16,19-21,36,39H,17-18H2,1-3H3/b32-21+/t36-/m0/s1. The molecular formula is C38H31N3O2S. The van der Waals surface area contributed by atoms with Gasteiger partial charge in [0.2, 0.25) is 0 Å². The Morgan fingerprint density at radius 2 is 1.73 bits per heavy atom. The number of aromatic amines is 1.